The molecule has 0 saturated heterocycles. The van der Waals surface area contributed by atoms with Crippen LogP contribution in [-0.2, 0) is 19.5 Å². The van der Waals surface area contributed by atoms with Crippen LogP contribution in [0, 0.1) is 0 Å². The van der Waals surface area contributed by atoms with E-state index in [0.717, 1.165) is 60.9 Å². The predicted molar refractivity (Wildman–Crippen MR) is 134 cm³/mol. The molecule has 34 heavy (non-hydrogen) atoms. The van der Waals surface area contributed by atoms with Crippen LogP contribution in [-0.4, -0.2) is 34.7 Å². The van der Waals surface area contributed by atoms with Gasteiger partial charge in [-0.15, -0.1) is 10.2 Å². The zero-order valence-corrected chi connectivity index (χ0v) is 20.4. The molecule has 1 N–H and O–H groups in total. The first-order chi connectivity index (χ1) is 16.6. The summed E-state index contributed by atoms with van der Waals surface area (Å²) in [4.78, 5) is 17.7. The first-order valence-corrected chi connectivity index (χ1v) is 12.3. The summed E-state index contributed by atoms with van der Waals surface area (Å²) in [6.07, 6.45) is 7.73. The molecular weight excluding hydrogens is 450 g/mol. The summed E-state index contributed by atoms with van der Waals surface area (Å²) in [5, 5.41) is 14.8. The highest BCUT2D eigenvalue weighted by molar-refractivity contribution is 6.30. The third-order valence-corrected chi connectivity index (χ3v) is 6.41. The van der Waals surface area contributed by atoms with Gasteiger partial charge in [-0.1, -0.05) is 75.0 Å². The van der Waals surface area contributed by atoms with E-state index in [9.17, 15) is 4.79 Å². The number of unbranched alkanes of at least 4 members (excludes halogenated alkanes) is 3. The molecule has 3 heterocycles. The van der Waals surface area contributed by atoms with Crippen LogP contribution in [0.2, 0.25) is 5.15 Å². The van der Waals surface area contributed by atoms with E-state index in [4.69, 9.17) is 11.6 Å². The Morgan fingerprint density at radius 1 is 1.00 bits per heavy atom. The van der Waals surface area contributed by atoms with Crippen LogP contribution in [0.15, 0.2) is 47.4 Å². The highest BCUT2D eigenvalue weighted by Gasteiger charge is 2.18. The minimum atomic E-state index is -0.0272. The van der Waals surface area contributed by atoms with Crippen molar-refractivity contribution in [2.75, 3.05) is 0 Å². The molecule has 0 saturated carbocycles. The Balaban J connectivity index is 1.62. The zero-order valence-electron chi connectivity index (χ0n) is 19.7. The number of pyridine rings is 1. The maximum absolute atomic E-state index is 13.2. The smallest absolute Gasteiger partial charge is 0.290 e. The van der Waals surface area contributed by atoms with Crippen molar-refractivity contribution in [2.24, 2.45) is 0 Å². The first kappa shape index (κ1) is 23.9. The molecule has 0 radical (unpaired) electrons. The van der Waals surface area contributed by atoms with E-state index in [0.29, 0.717) is 29.8 Å². The van der Waals surface area contributed by atoms with E-state index in [1.54, 1.807) is 10.8 Å². The van der Waals surface area contributed by atoms with Gasteiger partial charge in [-0.25, -0.2) is 4.79 Å². The quantitative estimate of drug-likeness (QED) is 0.301. The molecule has 3 aromatic heterocycles. The van der Waals surface area contributed by atoms with Crippen molar-refractivity contribution in [1.82, 2.24) is 34.7 Å². The van der Waals surface area contributed by atoms with Gasteiger partial charge in [-0.05, 0) is 41.7 Å². The van der Waals surface area contributed by atoms with E-state index in [2.05, 4.69) is 39.5 Å². The van der Waals surface area contributed by atoms with Crippen molar-refractivity contribution in [1.29, 1.82) is 0 Å². The number of tetrazole rings is 1. The fourth-order valence-corrected chi connectivity index (χ4v) is 4.47. The van der Waals surface area contributed by atoms with E-state index in [1.807, 2.05) is 41.0 Å². The van der Waals surface area contributed by atoms with Gasteiger partial charge in [0.05, 0.1) is 12.2 Å². The van der Waals surface area contributed by atoms with Crippen molar-refractivity contribution in [2.45, 2.75) is 65.5 Å². The number of halogens is 1. The summed E-state index contributed by atoms with van der Waals surface area (Å²) in [7, 11) is 0. The number of nitrogens with one attached hydrogen (secondary N) is 1. The summed E-state index contributed by atoms with van der Waals surface area (Å²) in [6, 6.07) is 12.0. The molecule has 8 nitrogen and oxygen atoms in total. The SMILES string of the molecule is CCCCCc1c(Cl)n(CCCC)c(=O)n1Cc1ccc(-c2cccnc2-c2nn[nH]n2)cc1. The number of benzene rings is 1. The average molecular weight is 480 g/mol. The van der Waals surface area contributed by atoms with Crippen LogP contribution in [0.4, 0.5) is 0 Å². The van der Waals surface area contributed by atoms with Crippen molar-refractivity contribution in [3.05, 3.63) is 69.5 Å². The molecule has 178 valence electrons. The molecule has 0 atom stereocenters. The van der Waals surface area contributed by atoms with Crippen LogP contribution in [0.1, 0.15) is 57.2 Å². The highest BCUT2D eigenvalue weighted by atomic mass is 35.5. The highest BCUT2D eigenvalue weighted by Crippen LogP contribution is 2.28. The van der Waals surface area contributed by atoms with Crippen LogP contribution in [0.3, 0.4) is 0 Å². The molecule has 0 unspecified atom stereocenters. The molecule has 4 aromatic rings. The minimum Gasteiger partial charge on any atom is -0.290 e. The number of aromatic nitrogens is 7. The Bertz CT molecular complexity index is 1260. The number of hydrogen-bond donors (Lipinski definition) is 1. The van der Waals surface area contributed by atoms with E-state index in [-0.39, 0.29) is 5.69 Å². The molecule has 9 heteroatoms. The second-order valence-electron chi connectivity index (χ2n) is 8.40. The Morgan fingerprint density at radius 2 is 1.79 bits per heavy atom. The minimum absolute atomic E-state index is 0.0272. The second kappa shape index (κ2) is 11.2. The van der Waals surface area contributed by atoms with Gasteiger partial charge in [0.15, 0.2) is 0 Å². The lowest BCUT2D eigenvalue weighted by Crippen LogP contribution is -2.25. The summed E-state index contributed by atoms with van der Waals surface area (Å²) in [5.41, 5.74) is 4.52. The third kappa shape index (κ3) is 5.12. The molecule has 0 fully saturated rings. The maximum atomic E-state index is 13.2. The predicted octanol–water partition coefficient (Wildman–Crippen LogP) is 5.13. The van der Waals surface area contributed by atoms with Crippen LogP contribution in [0.25, 0.3) is 22.6 Å². The van der Waals surface area contributed by atoms with Gasteiger partial charge >= 0.3 is 5.69 Å². The number of rotatable bonds is 11. The normalized spacial score (nSPS) is 11.3. The van der Waals surface area contributed by atoms with Gasteiger partial charge in [-0.2, -0.15) is 5.21 Å². The Morgan fingerprint density at radius 3 is 2.50 bits per heavy atom. The number of imidazole rings is 1. The first-order valence-electron chi connectivity index (χ1n) is 11.9. The standard InChI is InChI=1S/C25H30ClN7O/c1-3-5-7-10-21-23(26)32(16-6-4-2)25(34)33(21)17-18-11-13-19(14-12-18)20-9-8-15-27-22(20)24-28-30-31-29-24/h8-9,11-15H,3-7,10,16-17H2,1-2H3,(H,28,29,30,31). The van der Waals surface area contributed by atoms with Crippen molar-refractivity contribution in [3.63, 3.8) is 0 Å². The van der Waals surface area contributed by atoms with Gasteiger partial charge in [-0.3, -0.25) is 14.1 Å². The van der Waals surface area contributed by atoms with E-state index < -0.39 is 0 Å². The number of hydrogen-bond acceptors (Lipinski definition) is 5. The Labute approximate surface area is 204 Å². The maximum Gasteiger partial charge on any atom is 0.329 e. The van der Waals surface area contributed by atoms with Crippen molar-refractivity contribution < 1.29 is 0 Å². The lowest BCUT2D eigenvalue weighted by atomic mass is 10.0. The third-order valence-electron chi connectivity index (χ3n) is 5.99. The van der Waals surface area contributed by atoms with Gasteiger partial charge in [0.1, 0.15) is 10.8 Å². The molecule has 1 aromatic carbocycles. The number of H-pyrrole nitrogens is 1. The molecule has 0 aliphatic rings. The van der Waals surface area contributed by atoms with Crippen LogP contribution in [0.5, 0.6) is 0 Å². The number of aromatic amines is 1. The largest absolute Gasteiger partial charge is 0.329 e. The molecule has 0 bridgehead atoms. The molecule has 0 aliphatic carbocycles. The fraction of sp³-hybridized carbons (Fsp3) is 0.400. The van der Waals surface area contributed by atoms with Gasteiger partial charge in [0.2, 0.25) is 5.82 Å². The van der Waals surface area contributed by atoms with Gasteiger partial charge in [0.25, 0.3) is 0 Å². The molecule has 0 aliphatic heterocycles. The molecular formula is C25H30ClN7O. The van der Waals surface area contributed by atoms with Gasteiger partial charge < -0.3 is 0 Å². The zero-order chi connectivity index (χ0) is 23.9. The second-order valence-corrected chi connectivity index (χ2v) is 8.76. The summed E-state index contributed by atoms with van der Waals surface area (Å²) < 4.78 is 3.57. The average Bonchev–Trinajstić information content (AvgIpc) is 3.47. The lowest BCUT2D eigenvalue weighted by Gasteiger charge is -2.10. The Hall–Kier alpha value is -3.26. The number of nitrogens with zero attached hydrogens (tertiary/aromatic N) is 6. The van der Waals surface area contributed by atoms with Crippen LogP contribution >= 0.6 is 11.6 Å². The molecule has 4 rings (SSSR count). The monoisotopic (exact) mass is 479 g/mol. The van der Waals surface area contributed by atoms with Crippen molar-refractivity contribution >= 4 is 11.6 Å². The summed E-state index contributed by atoms with van der Waals surface area (Å²) >= 11 is 6.70. The van der Waals surface area contributed by atoms with Gasteiger partial charge in [0, 0.05) is 18.3 Å². The van der Waals surface area contributed by atoms with Crippen LogP contribution < -0.4 is 5.69 Å². The molecule has 0 amide bonds. The van der Waals surface area contributed by atoms with E-state index in [1.165, 1.54) is 0 Å². The molecule has 0 spiro atoms. The summed E-state index contributed by atoms with van der Waals surface area (Å²) in [6.45, 7) is 5.44. The lowest BCUT2D eigenvalue weighted by molar-refractivity contribution is 0.591. The fourth-order valence-electron chi connectivity index (χ4n) is 4.12. The van der Waals surface area contributed by atoms with Crippen molar-refractivity contribution in [3.8, 4) is 22.6 Å². The summed E-state index contributed by atoms with van der Waals surface area (Å²) in [5.74, 6) is 0.450. The Kier molecular flexibility index (Phi) is 7.90. The topological polar surface area (TPSA) is 94.3 Å². The van der Waals surface area contributed by atoms with E-state index >= 15 is 0 Å².